The van der Waals surface area contributed by atoms with Gasteiger partial charge in [-0.2, -0.15) is 0 Å². The number of hydrogen-bond donors (Lipinski definition) is 2. The van der Waals surface area contributed by atoms with Crippen LogP contribution < -0.4 is 19.5 Å². The third-order valence-corrected chi connectivity index (χ3v) is 6.51. The first-order valence-corrected chi connectivity index (χ1v) is 11.1. The Kier molecular flexibility index (Phi) is 5.00. The van der Waals surface area contributed by atoms with Crippen molar-refractivity contribution in [3.8, 4) is 11.5 Å². The average molecular weight is 416 g/mol. The molecule has 0 bridgehead atoms. The Labute approximate surface area is 170 Å². The Balaban J connectivity index is 1.53. The van der Waals surface area contributed by atoms with Crippen molar-refractivity contribution in [2.45, 2.75) is 43.2 Å². The highest BCUT2D eigenvalue weighted by molar-refractivity contribution is 7.89. The number of benzene rings is 2. The smallest absolute Gasteiger partial charge is 0.251 e. The molecular weight excluding hydrogens is 392 g/mol. The Hall–Kier alpha value is -2.58. The molecule has 0 saturated heterocycles. The van der Waals surface area contributed by atoms with Crippen LogP contribution in [-0.4, -0.2) is 33.6 Å². The third-order valence-electron chi connectivity index (χ3n) is 5.00. The van der Waals surface area contributed by atoms with Gasteiger partial charge in [0.1, 0.15) is 13.2 Å². The number of carbonyl (C=O) groups is 1. The fraction of sp³-hybridized carbons (Fsp3) is 0.381. The summed E-state index contributed by atoms with van der Waals surface area (Å²) in [5.41, 5.74) is 0.442. The molecule has 0 aromatic heterocycles. The van der Waals surface area contributed by atoms with Crippen LogP contribution in [0.15, 0.2) is 47.4 Å². The number of sulfonamides is 1. The van der Waals surface area contributed by atoms with Gasteiger partial charge in [0, 0.05) is 11.6 Å². The van der Waals surface area contributed by atoms with Crippen LogP contribution in [0.1, 0.15) is 42.6 Å². The first-order chi connectivity index (χ1) is 13.7. The van der Waals surface area contributed by atoms with Gasteiger partial charge in [-0.3, -0.25) is 4.79 Å². The predicted molar refractivity (Wildman–Crippen MR) is 108 cm³/mol. The fourth-order valence-corrected chi connectivity index (χ4v) is 4.50. The lowest BCUT2D eigenvalue weighted by Crippen LogP contribution is -2.41. The normalized spacial score (nSPS) is 16.3. The molecular formula is C21H24N2O5S. The minimum atomic E-state index is -3.62. The molecule has 2 aromatic rings. The van der Waals surface area contributed by atoms with Crippen LogP contribution in [0.25, 0.3) is 0 Å². The zero-order valence-corrected chi connectivity index (χ0v) is 17.2. The molecule has 1 aliphatic carbocycles. The summed E-state index contributed by atoms with van der Waals surface area (Å²) in [5, 5.41) is 2.98. The van der Waals surface area contributed by atoms with E-state index < -0.39 is 15.6 Å². The molecule has 2 aliphatic rings. The van der Waals surface area contributed by atoms with Crippen LogP contribution in [0.3, 0.4) is 0 Å². The lowest BCUT2D eigenvalue weighted by atomic mass is 9.93. The van der Waals surface area contributed by atoms with Crippen molar-refractivity contribution in [2.75, 3.05) is 13.2 Å². The molecule has 4 rings (SSSR count). The molecule has 0 spiro atoms. The van der Waals surface area contributed by atoms with Gasteiger partial charge in [0.25, 0.3) is 5.91 Å². The summed E-state index contributed by atoms with van der Waals surface area (Å²) in [6.45, 7) is 4.76. The Morgan fingerprint density at radius 2 is 1.76 bits per heavy atom. The van der Waals surface area contributed by atoms with E-state index in [1.807, 2.05) is 32.0 Å². The van der Waals surface area contributed by atoms with E-state index in [1.165, 1.54) is 12.1 Å². The minimum Gasteiger partial charge on any atom is -0.486 e. The van der Waals surface area contributed by atoms with Gasteiger partial charge in [-0.25, -0.2) is 13.1 Å². The van der Waals surface area contributed by atoms with E-state index in [0.29, 0.717) is 24.7 Å². The van der Waals surface area contributed by atoms with Crippen molar-refractivity contribution >= 4 is 15.9 Å². The van der Waals surface area contributed by atoms with Crippen molar-refractivity contribution in [1.29, 1.82) is 0 Å². The van der Waals surface area contributed by atoms with Crippen LogP contribution in [0.2, 0.25) is 0 Å². The maximum absolute atomic E-state index is 12.9. The molecule has 1 saturated carbocycles. The number of nitrogens with one attached hydrogen (secondary N) is 2. The molecule has 7 nitrogen and oxygen atoms in total. The highest BCUT2D eigenvalue weighted by Gasteiger charge is 2.29. The first-order valence-electron chi connectivity index (χ1n) is 9.60. The highest BCUT2D eigenvalue weighted by Crippen LogP contribution is 2.34. The Morgan fingerprint density at radius 3 is 2.48 bits per heavy atom. The third kappa shape index (κ3) is 4.38. The van der Waals surface area contributed by atoms with Gasteiger partial charge < -0.3 is 14.8 Å². The second kappa shape index (κ2) is 7.35. The second-order valence-corrected chi connectivity index (χ2v) is 9.57. The summed E-state index contributed by atoms with van der Waals surface area (Å²) < 4.78 is 38.7. The number of hydrogen-bond acceptors (Lipinski definition) is 5. The summed E-state index contributed by atoms with van der Waals surface area (Å²) in [4.78, 5) is 12.9. The monoisotopic (exact) mass is 416 g/mol. The molecule has 2 aromatic carbocycles. The predicted octanol–water partition coefficient (Wildman–Crippen LogP) is 2.56. The van der Waals surface area contributed by atoms with Crippen molar-refractivity contribution < 1.29 is 22.7 Å². The molecule has 1 heterocycles. The Bertz CT molecular complexity index is 1040. The van der Waals surface area contributed by atoms with Crippen molar-refractivity contribution in [2.24, 2.45) is 0 Å². The fourth-order valence-electron chi connectivity index (χ4n) is 3.15. The molecule has 0 unspecified atom stereocenters. The van der Waals surface area contributed by atoms with Crippen molar-refractivity contribution in [3.05, 3.63) is 53.6 Å². The summed E-state index contributed by atoms with van der Waals surface area (Å²) in [5.74, 6) is 0.979. The quantitative estimate of drug-likeness (QED) is 0.755. The zero-order chi connectivity index (χ0) is 20.6. The summed E-state index contributed by atoms with van der Waals surface area (Å²) in [7, 11) is -3.62. The molecule has 1 aliphatic heterocycles. The molecule has 154 valence electrons. The number of fused-ring (bicyclic) bond motifs is 1. The van der Waals surface area contributed by atoms with E-state index in [9.17, 15) is 13.2 Å². The van der Waals surface area contributed by atoms with Crippen LogP contribution in [0.5, 0.6) is 11.5 Å². The largest absolute Gasteiger partial charge is 0.486 e. The first kappa shape index (κ1) is 19.7. The molecule has 1 fully saturated rings. The lowest BCUT2D eigenvalue weighted by molar-refractivity contribution is 0.0911. The standard InChI is InChI=1S/C21H24N2O5S/c1-21(2,15-6-9-18-19(13-15)28-11-10-27-18)22-20(24)14-4-3-5-17(12-14)29(25,26)23-16-7-8-16/h3-6,9,12-13,16,23H,7-8,10-11H2,1-2H3,(H,22,24). The molecule has 0 radical (unpaired) electrons. The Morgan fingerprint density at radius 1 is 1.03 bits per heavy atom. The van der Waals surface area contributed by atoms with Gasteiger partial charge in [-0.15, -0.1) is 0 Å². The van der Waals surface area contributed by atoms with Gasteiger partial charge >= 0.3 is 0 Å². The highest BCUT2D eigenvalue weighted by atomic mass is 32.2. The van der Waals surface area contributed by atoms with Crippen LogP contribution >= 0.6 is 0 Å². The molecule has 0 atom stereocenters. The maximum Gasteiger partial charge on any atom is 0.251 e. The average Bonchev–Trinajstić information content (AvgIpc) is 3.50. The maximum atomic E-state index is 12.9. The summed E-state index contributed by atoms with van der Waals surface area (Å²) in [6.07, 6.45) is 1.70. The van der Waals surface area contributed by atoms with E-state index in [1.54, 1.807) is 12.1 Å². The van der Waals surface area contributed by atoms with Gasteiger partial charge in [0.2, 0.25) is 10.0 Å². The van der Waals surface area contributed by atoms with Crippen LogP contribution in [0, 0.1) is 0 Å². The van der Waals surface area contributed by atoms with Gasteiger partial charge in [-0.05, 0) is 62.6 Å². The molecule has 8 heteroatoms. The van der Waals surface area contributed by atoms with Crippen LogP contribution in [-0.2, 0) is 15.6 Å². The van der Waals surface area contributed by atoms with Crippen molar-refractivity contribution in [3.63, 3.8) is 0 Å². The van der Waals surface area contributed by atoms with Gasteiger partial charge in [0.15, 0.2) is 11.5 Å². The van der Waals surface area contributed by atoms with E-state index in [-0.39, 0.29) is 22.4 Å². The molecule has 1 amide bonds. The van der Waals surface area contributed by atoms with E-state index in [2.05, 4.69) is 10.0 Å². The zero-order valence-electron chi connectivity index (χ0n) is 16.4. The number of carbonyl (C=O) groups excluding carboxylic acids is 1. The summed E-state index contributed by atoms with van der Waals surface area (Å²) in [6, 6.07) is 11.6. The number of rotatable bonds is 6. The SMILES string of the molecule is CC(C)(NC(=O)c1cccc(S(=O)(=O)NC2CC2)c1)c1ccc2c(c1)OCCO2. The van der Waals surface area contributed by atoms with Crippen LogP contribution in [0.4, 0.5) is 0 Å². The minimum absolute atomic E-state index is 0.00613. The van der Waals surface area contributed by atoms with E-state index in [4.69, 9.17) is 9.47 Å². The molecule has 29 heavy (non-hydrogen) atoms. The lowest BCUT2D eigenvalue weighted by Gasteiger charge is -2.29. The van der Waals surface area contributed by atoms with E-state index in [0.717, 1.165) is 18.4 Å². The summed E-state index contributed by atoms with van der Waals surface area (Å²) >= 11 is 0. The van der Waals surface area contributed by atoms with Crippen molar-refractivity contribution in [1.82, 2.24) is 10.0 Å². The number of amides is 1. The van der Waals surface area contributed by atoms with Gasteiger partial charge in [-0.1, -0.05) is 12.1 Å². The number of ether oxygens (including phenoxy) is 2. The topological polar surface area (TPSA) is 93.7 Å². The van der Waals surface area contributed by atoms with E-state index >= 15 is 0 Å². The second-order valence-electron chi connectivity index (χ2n) is 7.86. The molecule has 2 N–H and O–H groups in total. The van der Waals surface area contributed by atoms with Gasteiger partial charge in [0.05, 0.1) is 10.4 Å².